The van der Waals surface area contributed by atoms with Crippen LogP contribution in [0.25, 0.3) is 0 Å². The van der Waals surface area contributed by atoms with Crippen LogP contribution in [0.1, 0.15) is 87.0 Å². The van der Waals surface area contributed by atoms with Crippen molar-refractivity contribution in [3.8, 4) is 0 Å². The lowest BCUT2D eigenvalue weighted by Gasteiger charge is -2.60. The molecule has 1 N–H and O–H groups in total. The van der Waals surface area contributed by atoms with Crippen molar-refractivity contribution >= 4 is 29.1 Å². The van der Waals surface area contributed by atoms with Crippen molar-refractivity contribution in [1.82, 2.24) is 0 Å². The third-order valence-corrected chi connectivity index (χ3v) is 10.4. The van der Waals surface area contributed by atoms with Gasteiger partial charge in [-0.2, -0.15) is 0 Å². The van der Waals surface area contributed by atoms with Gasteiger partial charge in [0, 0.05) is 34.3 Å². The minimum absolute atomic E-state index is 0.00540. The Morgan fingerprint density at radius 2 is 1.83 bits per heavy atom. The van der Waals surface area contributed by atoms with Gasteiger partial charge in [0.1, 0.15) is 11.4 Å². The molecular weight excluding hydrogens is 476 g/mol. The molecule has 2 aliphatic carbocycles. The maximum Gasteiger partial charge on any atom is 0.225 e. The van der Waals surface area contributed by atoms with Gasteiger partial charge in [0.2, 0.25) is 5.78 Å². The molecule has 200 valence electrons. The van der Waals surface area contributed by atoms with Crippen LogP contribution in [0.15, 0.2) is 21.8 Å². The minimum Gasteiger partial charge on any atom is -0.483 e. The Morgan fingerprint density at radius 3 is 2.42 bits per heavy atom. The summed E-state index contributed by atoms with van der Waals surface area (Å²) in [6.45, 7) is 13.4. The first-order valence-electron chi connectivity index (χ1n) is 13.4. The number of hydrogen-bond donors (Lipinski definition) is 1. The number of allylic oxidation sites excluding steroid dienone is 3. The minimum atomic E-state index is -0.912. The lowest BCUT2D eigenvalue weighted by atomic mass is 9.53. The van der Waals surface area contributed by atoms with Crippen molar-refractivity contribution in [3.05, 3.63) is 21.8 Å². The van der Waals surface area contributed by atoms with Gasteiger partial charge < -0.3 is 14.6 Å². The number of rotatable bonds is 6. The molecule has 0 spiro atoms. The molecule has 2 heterocycles. The number of ketones is 3. The topological polar surface area (TPSA) is 89.9 Å². The fourth-order valence-electron chi connectivity index (χ4n) is 7.02. The number of aliphatic hydroxyl groups is 1. The van der Waals surface area contributed by atoms with E-state index < -0.39 is 17.1 Å². The summed E-state index contributed by atoms with van der Waals surface area (Å²) in [6, 6.07) is 0. The third kappa shape index (κ3) is 4.23. The quantitative estimate of drug-likeness (QED) is 0.485. The van der Waals surface area contributed by atoms with E-state index in [0.717, 1.165) is 19.3 Å². The van der Waals surface area contributed by atoms with Gasteiger partial charge in [-0.1, -0.05) is 27.7 Å². The van der Waals surface area contributed by atoms with Gasteiger partial charge in [0.25, 0.3) is 0 Å². The fourth-order valence-corrected chi connectivity index (χ4v) is 7.82. The average molecular weight is 519 g/mol. The molecule has 1 saturated heterocycles. The van der Waals surface area contributed by atoms with Crippen molar-refractivity contribution in [3.63, 3.8) is 0 Å². The normalized spacial score (nSPS) is 36.5. The highest BCUT2D eigenvalue weighted by molar-refractivity contribution is 8.03. The molecule has 0 aromatic heterocycles. The van der Waals surface area contributed by atoms with Gasteiger partial charge in [-0.15, -0.1) is 11.8 Å². The highest BCUT2D eigenvalue weighted by Crippen LogP contribution is 2.60. The van der Waals surface area contributed by atoms with Gasteiger partial charge in [0.05, 0.1) is 22.7 Å². The molecule has 0 amide bonds. The summed E-state index contributed by atoms with van der Waals surface area (Å²) in [4.78, 5) is 41.1. The fraction of sp³-hybridized carbons (Fsp3) is 0.759. The van der Waals surface area contributed by atoms with Gasteiger partial charge in [-0.3, -0.25) is 14.4 Å². The SMILES string of the molecule is CCC(C)C(=O)C(C)C1=C(SC)C(=O)C2=C(OC3(C)CCC4OC(C(C)(C)O)CCC4(C)C3C2)C1=O. The second kappa shape index (κ2) is 9.39. The van der Waals surface area contributed by atoms with Crippen molar-refractivity contribution in [1.29, 1.82) is 0 Å². The summed E-state index contributed by atoms with van der Waals surface area (Å²) in [7, 11) is 0. The van der Waals surface area contributed by atoms with Crippen molar-refractivity contribution < 1.29 is 29.0 Å². The number of carbonyl (C=O) groups excluding carboxylic acids is 3. The predicted molar refractivity (Wildman–Crippen MR) is 140 cm³/mol. The lowest BCUT2D eigenvalue weighted by Crippen LogP contribution is -2.62. The molecular formula is C29H42O6S. The number of hydrogen-bond acceptors (Lipinski definition) is 7. The van der Waals surface area contributed by atoms with Crippen LogP contribution in [0.4, 0.5) is 0 Å². The van der Waals surface area contributed by atoms with Gasteiger partial charge in [-0.25, -0.2) is 0 Å². The molecule has 36 heavy (non-hydrogen) atoms. The standard InChI is InChI=1S/C29H42O6S/c1-9-15(2)22(30)16(3)21-24(32)25-17(23(31)26(21)36-8)14-18-28(6)12-10-19(27(4,5)33)34-20(28)11-13-29(18,7)35-25/h15-16,18-20,33H,9-14H2,1-8H3. The lowest BCUT2D eigenvalue weighted by molar-refractivity contribution is -0.245. The van der Waals surface area contributed by atoms with Crippen LogP contribution in [0.5, 0.6) is 0 Å². The highest BCUT2D eigenvalue weighted by atomic mass is 32.2. The van der Waals surface area contributed by atoms with Gasteiger partial charge >= 0.3 is 0 Å². The summed E-state index contributed by atoms with van der Waals surface area (Å²) in [6.07, 6.45) is 5.74. The van der Waals surface area contributed by atoms with Crippen LogP contribution in [-0.4, -0.2) is 52.1 Å². The summed E-state index contributed by atoms with van der Waals surface area (Å²) >= 11 is 1.25. The molecule has 2 aliphatic heterocycles. The molecule has 0 bridgehead atoms. The number of Topliss-reactive ketones (excluding diaryl/α,β-unsaturated/α-hetero) is 3. The Bertz CT molecular complexity index is 1030. The molecule has 6 nitrogen and oxygen atoms in total. The molecule has 4 rings (SSSR count). The maximum absolute atomic E-state index is 13.9. The monoisotopic (exact) mass is 518 g/mol. The van der Waals surface area contributed by atoms with Crippen LogP contribution >= 0.6 is 11.8 Å². The van der Waals surface area contributed by atoms with Gasteiger partial charge in [-0.05, 0) is 65.6 Å². The number of ether oxygens (including phenoxy) is 2. The first-order chi connectivity index (χ1) is 16.7. The van der Waals surface area contributed by atoms with Crippen molar-refractivity contribution in [2.45, 2.75) is 110 Å². The van der Waals surface area contributed by atoms with E-state index in [4.69, 9.17) is 9.47 Å². The zero-order chi connectivity index (χ0) is 26.8. The predicted octanol–water partition coefficient (Wildman–Crippen LogP) is 5.17. The Hall–Kier alpha value is -1.44. The van der Waals surface area contributed by atoms with Gasteiger partial charge in [0.15, 0.2) is 11.5 Å². The van der Waals surface area contributed by atoms with Crippen LogP contribution < -0.4 is 0 Å². The van der Waals surface area contributed by atoms with Crippen LogP contribution in [0.2, 0.25) is 0 Å². The Balaban J connectivity index is 1.69. The first kappa shape index (κ1) is 27.6. The Kier molecular flexibility index (Phi) is 7.20. The third-order valence-electron chi connectivity index (χ3n) is 9.59. The molecule has 2 fully saturated rings. The summed E-state index contributed by atoms with van der Waals surface area (Å²) in [5.74, 6) is -1.16. The number of fused-ring (bicyclic) bond motifs is 3. The smallest absolute Gasteiger partial charge is 0.225 e. The molecule has 7 unspecified atom stereocenters. The van der Waals surface area contributed by atoms with E-state index in [-0.39, 0.29) is 52.6 Å². The van der Waals surface area contributed by atoms with E-state index in [9.17, 15) is 19.5 Å². The Labute approximate surface area is 219 Å². The van der Waals surface area contributed by atoms with E-state index in [1.54, 1.807) is 27.0 Å². The molecule has 0 aromatic carbocycles. The summed E-state index contributed by atoms with van der Waals surface area (Å²) < 4.78 is 13.0. The summed E-state index contributed by atoms with van der Waals surface area (Å²) in [5, 5.41) is 10.6. The largest absolute Gasteiger partial charge is 0.483 e. The zero-order valence-electron chi connectivity index (χ0n) is 23.0. The highest BCUT2D eigenvalue weighted by Gasteiger charge is 2.61. The van der Waals surface area contributed by atoms with E-state index in [0.29, 0.717) is 35.3 Å². The zero-order valence-corrected chi connectivity index (χ0v) is 23.8. The average Bonchev–Trinajstić information content (AvgIpc) is 2.82. The maximum atomic E-state index is 13.9. The summed E-state index contributed by atoms with van der Waals surface area (Å²) in [5.41, 5.74) is -1.00. The Morgan fingerprint density at radius 1 is 1.17 bits per heavy atom. The van der Waals surface area contributed by atoms with Crippen LogP contribution in [0, 0.1) is 23.2 Å². The van der Waals surface area contributed by atoms with Crippen LogP contribution in [-0.2, 0) is 23.9 Å². The number of carbonyl (C=O) groups is 3. The molecule has 0 aromatic rings. The van der Waals surface area contributed by atoms with E-state index in [1.807, 2.05) is 13.8 Å². The van der Waals surface area contributed by atoms with Crippen molar-refractivity contribution in [2.75, 3.05) is 6.26 Å². The molecule has 0 radical (unpaired) electrons. The molecule has 7 heteroatoms. The molecule has 7 atom stereocenters. The number of thioether (sulfide) groups is 1. The van der Waals surface area contributed by atoms with E-state index in [2.05, 4.69) is 13.8 Å². The van der Waals surface area contributed by atoms with E-state index in [1.165, 1.54) is 11.8 Å². The first-order valence-corrected chi connectivity index (χ1v) is 14.6. The molecule has 4 aliphatic rings. The second-order valence-electron chi connectivity index (χ2n) is 12.4. The van der Waals surface area contributed by atoms with Crippen LogP contribution in [0.3, 0.4) is 0 Å². The van der Waals surface area contributed by atoms with Crippen molar-refractivity contribution in [2.24, 2.45) is 23.2 Å². The van der Waals surface area contributed by atoms with E-state index >= 15 is 0 Å². The second-order valence-corrected chi connectivity index (χ2v) is 13.2. The molecule has 1 saturated carbocycles.